The summed E-state index contributed by atoms with van der Waals surface area (Å²) in [6.45, 7) is 16.6. The van der Waals surface area contributed by atoms with Crippen LogP contribution < -0.4 is 21.7 Å². The number of ketones is 1. The molecule has 3 aliphatic rings. The highest BCUT2D eigenvalue weighted by Gasteiger charge is 2.63. The maximum absolute atomic E-state index is 14.1. The zero-order chi connectivity index (χ0) is 31.9. The van der Waals surface area contributed by atoms with Crippen LogP contribution in [-0.4, -0.2) is 77.2 Å². The van der Waals surface area contributed by atoms with Gasteiger partial charge in [0.2, 0.25) is 17.6 Å². The summed E-state index contributed by atoms with van der Waals surface area (Å²) in [6, 6.07) is -4.59. The fraction of sp³-hybridized carbons (Fsp3) is 0.800. The number of piperidine rings is 1. The summed E-state index contributed by atoms with van der Waals surface area (Å²) < 4.78 is 5.34. The largest absolute Gasteiger partial charge is 0.461 e. The van der Waals surface area contributed by atoms with Crippen LogP contribution in [0.3, 0.4) is 0 Å². The number of hydrogen-bond acceptors (Lipinski definition) is 7. The Morgan fingerprint density at radius 1 is 0.905 bits per heavy atom. The molecule has 236 valence electrons. The van der Waals surface area contributed by atoms with Gasteiger partial charge >= 0.3 is 12.0 Å². The molecule has 1 unspecified atom stereocenters. The minimum atomic E-state index is -1.10. The van der Waals surface area contributed by atoms with Gasteiger partial charge in [-0.25, -0.2) is 9.59 Å². The van der Waals surface area contributed by atoms with Gasteiger partial charge in [0.15, 0.2) is 0 Å². The normalized spacial score (nSPS) is 25.5. The predicted molar refractivity (Wildman–Crippen MR) is 154 cm³/mol. The lowest BCUT2D eigenvalue weighted by atomic mass is 9.85. The summed E-state index contributed by atoms with van der Waals surface area (Å²) in [6.07, 6.45) is 1.80. The van der Waals surface area contributed by atoms with E-state index in [4.69, 9.17) is 10.5 Å². The molecular weight excluding hydrogens is 542 g/mol. The van der Waals surface area contributed by atoms with Crippen LogP contribution in [-0.2, 0) is 28.7 Å². The molecule has 12 heteroatoms. The molecular formula is C30H49N5O7. The molecule has 2 saturated carbocycles. The van der Waals surface area contributed by atoms with Gasteiger partial charge in [0.25, 0.3) is 5.91 Å². The Kier molecular flexibility index (Phi) is 9.68. The van der Waals surface area contributed by atoms with Gasteiger partial charge in [0.05, 0.1) is 12.1 Å². The number of fused-ring (bicyclic) bond motifs is 1. The minimum absolute atomic E-state index is 0.0928. The van der Waals surface area contributed by atoms with E-state index in [1.807, 2.05) is 6.92 Å². The van der Waals surface area contributed by atoms with Crippen molar-refractivity contribution in [2.75, 3.05) is 6.54 Å². The fourth-order valence-electron chi connectivity index (χ4n) is 5.88. The van der Waals surface area contributed by atoms with Crippen LogP contribution in [0.5, 0.6) is 0 Å². The molecule has 5 amide bonds. The van der Waals surface area contributed by atoms with E-state index >= 15 is 0 Å². The number of Topliss-reactive ketones (excluding diaryl/α,β-unsaturated/α-hetero) is 1. The van der Waals surface area contributed by atoms with Gasteiger partial charge in [0.1, 0.15) is 18.1 Å². The second kappa shape index (κ2) is 12.2. The van der Waals surface area contributed by atoms with Gasteiger partial charge in [-0.2, -0.15) is 0 Å². The van der Waals surface area contributed by atoms with Crippen LogP contribution in [0.15, 0.2) is 0 Å². The number of carbonyl (C=O) groups is 6. The molecule has 42 heavy (non-hydrogen) atoms. The van der Waals surface area contributed by atoms with E-state index in [9.17, 15) is 28.8 Å². The number of amides is 5. The maximum Gasteiger partial charge on any atom is 0.329 e. The standard InChI is InChI=1S/C30H49N5O7/c1-14(2)42-27(40)23(30(7,8)9)34-28(41)33-22(29(4,5)6)26(39)35-13-17-15(3)19(17)20(35)25(38)32-18(12-16-10-11-16)21(36)24(31)37/h14-20,22-23H,10-13H2,1-9H3,(H2,31,37)(H,32,38)(H2,33,34,41)/t15-,17-,18?,19+,20+,22-,23-/m1/s1. The summed E-state index contributed by atoms with van der Waals surface area (Å²) in [5, 5.41) is 8.17. The molecule has 0 radical (unpaired) electrons. The molecule has 0 aromatic carbocycles. The SMILES string of the molecule is CC(C)OC(=O)[C@@H](NC(=O)N[C@H](C(=O)N1C[C@@H]2[C@@H](C)[C@@H]2[C@H]1C(=O)NC(CC1CC1)C(=O)C(N)=O)C(C)(C)C)C(C)(C)C. The van der Waals surface area contributed by atoms with Crippen molar-refractivity contribution < 1.29 is 33.5 Å². The lowest BCUT2D eigenvalue weighted by Gasteiger charge is -2.37. The van der Waals surface area contributed by atoms with Gasteiger partial charge in [-0.15, -0.1) is 0 Å². The van der Waals surface area contributed by atoms with Crippen LogP contribution in [0.2, 0.25) is 0 Å². The number of carbonyl (C=O) groups excluding carboxylic acids is 6. The van der Waals surface area contributed by atoms with Crippen LogP contribution in [0.4, 0.5) is 4.79 Å². The minimum Gasteiger partial charge on any atom is -0.461 e. The Morgan fingerprint density at radius 2 is 1.45 bits per heavy atom. The lowest BCUT2D eigenvalue weighted by molar-refractivity contribution is -0.152. The second-order valence-corrected chi connectivity index (χ2v) is 14.7. The van der Waals surface area contributed by atoms with Crippen molar-refractivity contribution in [3.05, 3.63) is 0 Å². The molecule has 7 atom stereocenters. The average Bonchev–Trinajstić information content (AvgIpc) is 3.73. The number of hydrogen-bond donors (Lipinski definition) is 4. The molecule has 5 N–H and O–H groups in total. The molecule has 3 rings (SSSR count). The first-order chi connectivity index (χ1) is 19.2. The van der Waals surface area contributed by atoms with Gasteiger partial charge in [-0.1, -0.05) is 61.3 Å². The third-order valence-electron chi connectivity index (χ3n) is 8.55. The zero-order valence-electron chi connectivity index (χ0n) is 26.4. The highest BCUT2D eigenvalue weighted by Crippen LogP contribution is 2.55. The fourth-order valence-corrected chi connectivity index (χ4v) is 5.88. The van der Waals surface area contributed by atoms with E-state index in [1.54, 1.807) is 55.4 Å². The zero-order valence-corrected chi connectivity index (χ0v) is 26.4. The van der Waals surface area contributed by atoms with E-state index in [0.717, 1.165) is 12.8 Å². The van der Waals surface area contributed by atoms with E-state index in [-0.39, 0.29) is 29.8 Å². The monoisotopic (exact) mass is 591 g/mol. The first-order valence-corrected chi connectivity index (χ1v) is 15.0. The molecule has 1 heterocycles. The Morgan fingerprint density at radius 3 is 1.93 bits per heavy atom. The molecule has 0 spiro atoms. The Hall–Kier alpha value is -3.18. The predicted octanol–water partition coefficient (Wildman–Crippen LogP) is 1.50. The summed E-state index contributed by atoms with van der Waals surface area (Å²) >= 11 is 0. The number of nitrogens with zero attached hydrogens (tertiary/aromatic N) is 1. The molecule has 12 nitrogen and oxygen atoms in total. The number of primary amides is 1. The molecule has 3 fully saturated rings. The molecule has 1 saturated heterocycles. The van der Waals surface area contributed by atoms with Crippen molar-refractivity contribution >= 4 is 35.5 Å². The van der Waals surface area contributed by atoms with Crippen LogP contribution in [0.1, 0.15) is 81.6 Å². The van der Waals surface area contributed by atoms with Crippen molar-refractivity contribution in [3.8, 4) is 0 Å². The van der Waals surface area contributed by atoms with Crippen LogP contribution in [0.25, 0.3) is 0 Å². The first-order valence-electron chi connectivity index (χ1n) is 15.0. The number of urea groups is 1. The number of ether oxygens (including phenoxy) is 1. The van der Waals surface area contributed by atoms with Gasteiger partial charge in [0, 0.05) is 6.54 Å². The van der Waals surface area contributed by atoms with Crippen molar-refractivity contribution in [2.24, 2.45) is 40.2 Å². The van der Waals surface area contributed by atoms with Crippen molar-refractivity contribution in [1.29, 1.82) is 0 Å². The third-order valence-corrected chi connectivity index (χ3v) is 8.55. The lowest BCUT2D eigenvalue weighted by Crippen LogP contribution is -2.62. The average molecular weight is 592 g/mol. The highest BCUT2D eigenvalue weighted by atomic mass is 16.5. The molecule has 0 aromatic heterocycles. The number of nitrogens with two attached hydrogens (primary N) is 1. The highest BCUT2D eigenvalue weighted by molar-refractivity contribution is 6.37. The number of nitrogens with one attached hydrogen (secondary N) is 3. The van der Waals surface area contributed by atoms with Crippen molar-refractivity contribution in [1.82, 2.24) is 20.9 Å². The Balaban J connectivity index is 1.79. The molecule has 1 aliphatic heterocycles. The second-order valence-electron chi connectivity index (χ2n) is 14.7. The number of rotatable bonds is 11. The molecule has 2 aliphatic carbocycles. The van der Waals surface area contributed by atoms with E-state index < -0.39 is 70.5 Å². The van der Waals surface area contributed by atoms with Gasteiger partial charge in [-0.3, -0.25) is 19.2 Å². The summed E-state index contributed by atoms with van der Waals surface area (Å²) in [5.41, 5.74) is 3.84. The summed E-state index contributed by atoms with van der Waals surface area (Å²) in [5.74, 6) is -2.99. The molecule has 0 bridgehead atoms. The van der Waals surface area contributed by atoms with Crippen LogP contribution in [0, 0.1) is 34.5 Å². The van der Waals surface area contributed by atoms with E-state index in [1.165, 1.54) is 4.90 Å². The quantitative estimate of drug-likeness (QED) is 0.208. The van der Waals surface area contributed by atoms with Gasteiger partial charge < -0.3 is 31.3 Å². The Bertz CT molecular complexity index is 1100. The first kappa shape index (κ1) is 33.3. The summed E-state index contributed by atoms with van der Waals surface area (Å²) in [7, 11) is 0. The van der Waals surface area contributed by atoms with E-state index in [0.29, 0.717) is 13.0 Å². The number of esters is 1. The van der Waals surface area contributed by atoms with Gasteiger partial charge in [-0.05, 0) is 54.8 Å². The summed E-state index contributed by atoms with van der Waals surface area (Å²) in [4.78, 5) is 79.3. The third kappa shape index (κ3) is 7.80. The topological polar surface area (TPSA) is 177 Å². The van der Waals surface area contributed by atoms with E-state index in [2.05, 4.69) is 16.0 Å². The van der Waals surface area contributed by atoms with Crippen molar-refractivity contribution in [3.63, 3.8) is 0 Å². The number of likely N-dealkylation sites (tertiary alicyclic amines) is 1. The van der Waals surface area contributed by atoms with Crippen LogP contribution >= 0.6 is 0 Å². The Labute approximate surface area is 248 Å². The maximum atomic E-state index is 14.1. The molecule has 0 aromatic rings. The van der Waals surface area contributed by atoms with Crippen molar-refractivity contribution in [2.45, 2.75) is 112 Å². The smallest absolute Gasteiger partial charge is 0.329 e.